The number of fused-ring (bicyclic) bond motifs is 1. The second-order valence-corrected chi connectivity index (χ2v) is 8.74. The predicted octanol–water partition coefficient (Wildman–Crippen LogP) is 3.23. The molecule has 0 radical (unpaired) electrons. The van der Waals surface area contributed by atoms with Crippen molar-refractivity contribution in [2.24, 2.45) is 0 Å². The fourth-order valence-corrected chi connectivity index (χ4v) is 4.19. The largest absolute Gasteiger partial charge is 0.310 e. The number of hydrogen-bond donors (Lipinski definition) is 1. The summed E-state index contributed by atoms with van der Waals surface area (Å²) in [6, 6.07) is 7.99. The van der Waals surface area contributed by atoms with Gasteiger partial charge in [-0.2, -0.15) is 0 Å². The molecule has 1 saturated carbocycles. The van der Waals surface area contributed by atoms with Crippen LogP contribution in [-0.2, 0) is 13.0 Å². The number of aromatic nitrogens is 8. The number of tetrazole rings is 1. The molecule has 1 N–H and O–H groups in total. The van der Waals surface area contributed by atoms with E-state index in [0.29, 0.717) is 40.3 Å². The van der Waals surface area contributed by atoms with Gasteiger partial charge in [-0.3, -0.25) is 4.79 Å². The first-order valence-corrected chi connectivity index (χ1v) is 11.4. The van der Waals surface area contributed by atoms with E-state index in [-0.39, 0.29) is 5.56 Å². The first-order valence-electron chi connectivity index (χ1n) is 11.4. The molecule has 6 rings (SSSR count). The van der Waals surface area contributed by atoms with Gasteiger partial charge in [0.1, 0.15) is 23.2 Å². The molecule has 0 unspecified atom stereocenters. The highest BCUT2D eigenvalue weighted by atomic mass is 19.1. The summed E-state index contributed by atoms with van der Waals surface area (Å²) in [7, 11) is 0. The van der Waals surface area contributed by atoms with Crippen LogP contribution in [0.25, 0.3) is 17.2 Å². The van der Waals surface area contributed by atoms with Crippen molar-refractivity contribution in [3.8, 4) is 17.2 Å². The van der Waals surface area contributed by atoms with Gasteiger partial charge in [0.2, 0.25) is 0 Å². The van der Waals surface area contributed by atoms with Crippen LogP contribution < -0.4 is 5.32 Å². The quantitative estimate of drug-likeness (QED) is 0.487. The molecule has 0 atom stereocenters. The van der Waals surface area contributed by atoms with E-state index in [0.717, 1.165) is 44.5 Å². The molecule has 11 heteroatoms. The van der Waals surface area contributed by atoms with Gasteiger partial charge < -0.3 is 9.88 Å². The lowest BCUT2D eigenvalue weighted by Gasteiger charge is -2.14. The Morgan fingerprint density at radius 2 is 2.03 bits per heavy atom. The summed E-state index contributed by atoms with van der Waals surface area (Å²) in [5.74, 6) is 1.67. The Morgan fingerprint density at radius 1 is 1.15 bits per heavy atom. The van der Waals surface area contributed by atoms with Gasteiger partial charge in [0.25, 0.3) is 5.91 Å². The summed E-state index contributed by atoms with van der Waals surface area (Å²) in [5, 5.41) is 23.8. The third-order valence-corrected chi connectivity index (χ3v) is 6.20. The monoisotopic (exact) mass is 459 g/mol. The lowest BCUT2D eigenvalue weighted by Crippen LogP contribution is -2.17. The minimum Gasteiger partial charge on any atom is -0.310 e. The number of anilines is 1. The van der Waals surface area contributed by atoms with Crippen molar-refractivity contribution in [2.75, 3.05) is 5.32 Å². The van der Waals surface area contributed by atoms with Gasteiger partial charge in [0.05, 0.1) is 11.3 Å². The Balaban J connectivity index is 1.27. The van der Waals surface area contributed by atoms with E-state index < -0.39 is 11.7 Å². The molecule has 4 aromatic rings. The summed E-state index contributed by atoms with van der Waals surface area (Å²) in [4.78, 5) is 18.9. The first-order chi connectivity index (χ1) is 16.6. The summed E-state index contributed by atoms with van der Waals surface area (Å²) in [5.41, 5.74) is 1.58. The average molecular weight is 459 g/mol. The summed E-state index contributed by atoms with van der Waals surface area (Å²) in [6.45, 7) is 2.58. The second-order valence-electron chi connectivity index (χ2n) is 8.74. The van der Waals surface area contributed by atoms with Crippen molar-refractivity contribution in [3.63, 3.8) is 0 Å². The fraction of sp³-hybridized carbons (Fsp3) is 0.348. The highest BCUT2D eigenvalue weighted by molar-refractivity contribution is 6.04. The molecular formula is C23H22FN9O. The Hall–Kier alpha value is -4.02. The molecule has 1 aliphatic carbocycles. The topological polar surface area (TPSA) is 116 Å². The fourth-order valence-electron chi connectivity index (χ4n) is 4.19. The van der Waals surface area contributed by atoms with Crippen molar-refractivity contribution >= 4 is 11.7 Å². The third-order valence-electron chi connectivity index (χ3n) is 6.20. The lowest BCUT2D eigenvalue weighted by atomic mass is 10.1. The van der Waals surface area contributed by atoms with E-state index in [2.05, 4.69) is 40.5 Å². The second kappa shape index (κ2) is 8.08. The minimum atomic E-state index is -0.635. The summed E-state index contributed by atoms with van der Waals surface area (Å²) >= 11 is 0. The van der Waals surface area contributed by atoms with Crippen molar-refractivity contribution in [3.05, 3.63) is 58.9 Å². The number of rotatable bonds is 5. The van der Waals surface area contributed by atoms with Crippen molar-refractivity contribution < 1.29 is 9.18 Å². The highest BCUT2D eigenvalue weighted by Crippen LogP contribution is 2.37. The summed E-state index contributed by atoms with van der Waals surface area (Å²) in [6.07, 6.45) is 5.14. The molecule has 0 spiro atoms. The number of halogens is 1. The normalized spacial score (nSPS) is 15.2. The number of benzene rings is 1. The molecule has 4 heterocycles. The zero-order valence-electron chi connectivity index (χ0n) is 18.6. The first kappa shape index (κ1) is 20.6. The van der Waals surface area contributed by atoms with E-state index in [4.69, 9.17) is 0 Å². The zero-order chi connectivity index (χ0) is 23.2. The van der Waals surface area contributed by atoms with Crippen LogP contribution in [0.5, 0.6) is 0 Å². The molecule has 0 bridgehead atoms. The molecule has 3 aromatic heterocycles. The Kier molecular flexibility index (Phi) is 4.89. The van der Waals surface area contributed by atoms with E-state index in [1.54, 1.807) is 19.1 Å². The van der Waals surface area contributed by atoms with Crippen LogP contribution in [0.2, 0.25) is 0 Å². The van der Waals surface area contributed by atoms with Crippen LogP contribution in [-0.4, -0.2) is 45.9 Å². The lowest BCUT2D eigenvalue weighted by molar-refractivity contribution is 0.102. The molecule has 1 aliphatic heterocycles. The SMILES string of the molecule is Cc1cc(F)c(C(=O)Nc2cccc(-c3nnc4n3CCCC4)n2)cc1-n1nnc(C2CC2)n1. The van der Waals surface area contributed by atoms with E-state index in [9.17, 15) is 9.18 Å². The maximum atomic E-state index is 14.8. The summed E-state index contributed by atoms with van der Waals surface area (Å²) < 4.78 is 16.8. The molecule has 1 fully saturated rings. The number of hydrogen-bond acceptors (Lipinski definition) is 7. The molecule has 2 aliphatic rings. The number of amides is 1. The van der Waals surface area contributed by atoms with Crippen molar-refractivity contribution in [1.82, 2.24) is 40.0 Å². The van der Waals surface area contributed by atoms with Crippen LogP contribution >= 0.6 is 0 Å². The number of nitrogens with zero attached hydrogens (tertiary/aromatic N) is 8. The standard InChI is InChI=1S/C23H22FN9O/c1-13-11-16(24)15(12-18(13)33-30-21(28-31-33)14-8-9-14)23(34)26-19-6-4-5-17(25-19)22-29-27-20-7-2-3-10-32(20)22/h4-6,11-12,14H,2-3,7-10H2,1H3,(H,25,26,34). The van der Waals surface area contributed by atoms with Gasteiger partial charge in [0.15, 0.2) is 11.6 Å². The minimum absolute atomic E-state index is 0.127. The molecular weight excluding hydrogens is 437 g/mol. The van der Waals surface area contributed by atoms with Crippen LogP contribution in [0.3, 0.4) is 0 Å². The van der Waals surface area contributed by atoms with Gasteiger partial charge in [-0.05, 0) is 67.6 Å². The van der Waals surface area contributed by atoms with Crippen LogP contribution in [0.15, 0.2) is 30.3 Å². The number of aryl methyl sites for hydroxylation is 2. The number of nitrogens with one attached hydrogen (secondary N) is 1. The van der Waals surface area contributed by atoms with Crippen molar-refractivity contribution in [1.29, 1.82) is 0 Å². The van der Waals surface area contributed by atoms with Gasteiger partial charge in [-0.1, -0.05) is 6.07 Å². The van der Waals surface area contributed by atoms with Gasteiger partial charge in [0, 0.05) is 18.9 Å². The molecule has 1 aromatic carbocycles. The maximum Gasteiger partial charge on any atom is 0.259 e. The van der Waals surface area contributed by atoms with Crippen LogP contribution in [0, 0.1) is 12.7 Å². The number of pyridine rings is 1. The van der Waals surface area contributed by atoms with Crippen molar-refractivity contribution in [2.45, 2.75) is 51.5 Å². The molecule has 10 nitrogen and oxygen atoms in total. The van der Waals surface area contributed by atoms with E-state index in [1.165, 1.54) is 16.9 Å². The Labute approximate surface area is 194 Å². The Morgan fingerprint density at radius 3 is 2.88 bits per heavy atom. The highest BCUT2D eigenvalue weighted by Gasteiger charge is 2.29. The van der Waals surface area contributed by atoms with Gasteiger partial charge in [-0.25, -0.2) is 9.37 Å². The van der Waals surface area contributed by atoms with Gasteiger partial charge >= 0.3 is 0 Å². The zero-order valence-corrected chi connectivity index (χ0v) is 18.6. The Bertz CT molecular complexity index is 1410. The van der Waals surface area contributed by atoms with Crippen LogP contribution in [0.4, 0.5) is 10.2 Å². The number of carbonyl (C=O) groups is 1. The van der Waals surface area contributed by atoms with E-state index >= 15 is 0 Å². The average Bonchev–Trinajstić information content (AvgIpc) is 3.41. The molecule has 1 amide bonds. The van der Waals surface area contributed by atoms with Gasteiger partial charge in [-0.15, -0.1) is 25.2 Å². The molecule has 34 heavy (non-hydrogen) atoms. The molecule has 0 saturated heterocycles. The third kappa shape index (κ3) is 3.72. The smallest absolute Gasteiger partial charge is 0.259 e. The number of carbonyl (C=O) groups excluding carboxylic acids is 1. The van der Waals surface area contributed by atoms with E-state index in [1.807, 2.05) is 6.07 Å². The maximum absolute atomic E-state index is 14.8. The molecule has 172 valence electrons. The predicted molar refractivity (Wildman–Crippen MR) is 120 cm³/mol. The van der Waals surface area contributed by atoms with Crippen LogP contribution in [0.1, 0.15) is 59.2 Å².